The molecule has 1 amide bonds. The van der Waals surface area contributed by atoms with Crippen LogP contribution in [0.5, 0.6) is 0 Å². The van der Waals surface area contributed by atoms with Crippen molar-refractivity contribution in [2.24, 2.45) is 0 Å². The van der Waals surface area contributed by atoms with Crippen LogP contribution in [0.3, 0.4) is 0 Å². The third kappa shape index (κ3) is 4.24. The number of carbonyl (C=O) groups excluding carboxylic acids is 1. The van der Waals surface area contributed by atoms with Crippen molar-refractivity contribution in [1.82, 2.24) is 9.88 Å². The van der Waals surface area contributed by atoms with E-state index in [2.05, 4.69) is 52.5 Å². The molecule has 2 aromatic heterocycles. The molecule has 1 aromatic carbocycles. The van der Waals surface area contributed by atoms with Gasteiger partial charge in [-0.3, -0.25) is 4.79 Å². The smallest absolute Gasteiger partial charge is 0.268 e. The van der Waals surface area contributed by atoms with Gasteiger partial charge in [-0.25, -0.2) is 0 Å². The van der Waals surface area contributed by atoms with Crippen molar-refractivity contribution in [3.05, 3.63) is 58.6 Å². The number of thiophene rings is 1. The van der Waals surface area contributed by atoms with E-state index in [1.165, 1.54) is 16.0 Å². The number of ether oxygens (including phenoxy) is 1. The van der Waals surface area contributed by atoms with Crippen LogP contribution in [-0.2, 0) is 11.3 Å². The van der Waals surface area contributed by atoms with E-state index >= 15 is 0 Å². The van der Waals surface area contributed by atoms with Crippen LogP contribution in [0.4, 0.5) is 0 Å². The summed E-state index contributed by atoms with van der Waals surface area (Å²) in [6.45, 7) is 8.13. The van der Waals surface area contributed by atoms with Crippen LogP contribution in [0.2, 0.25) is 0 Å². The second-order valence-electron chi connectivity index (χ2n) is 7.15. The normalized spacial score (nSPS) is 15.3. The van der Waals surface area contributed by atoms with E-state index in [0.717, 1.165) is 48.8 Å². The van der Waals surface area contributed by atoms with Gasteiger partial charge < -0.3 is 19.5 Å². The summed E-state index contributed by atoms with van der Waals surface area (Å²) in [5, 5.41) is 6.34. The minimum absolute atomic E-state index is 0.0127. The molecule has 2 N–H and O–H groups in total. The molecular weight excluding hydrogens is 358 g/mol. The van der Waals surface area contributed by atoms with Crippen LogP contribution >= 0.6 is 11.3 Å². The number of rotatable bonds is 6. The van der Waals surface area contributed by atoms with Crippen LogP contribution < -0.4 is 10.2 Å². The summed E-state index contributed by atoms with van der Waals surface area (Å²) in [5.41, 5.74) is 3.20. The van der Waals surface area contributed by atoms with Gasteiger partial charge in [-0.05, 0) is 30.0 Å². The van der Waals surface area contributed by atoms with Crippen LogP contribution in [0.25, 0.3) is 10.2 Å². The summed E-state index contributed by atoms with van der Waals surface area (Å²) in [7, 11) is 0. The molecule has 0 radical (unpaired) electrons. The van der Waals surface area contributed by atoms with Crippen molar-refractivity contribution in [2.45, 2.75) is 13.5 Å². The van der Waals surface area contributed by atoms with Gasteiger partial charge in [0.25, 0.3) is 5.91 Å². The molecule has 0 unspecified atom stereocenters. The summed E-state index contributed by atoms with van der Waals surface area (Å²) in [6, 6.07) is 12.6. The standard InChI is InChI=1S/C21H25N3O2S/c1-16-3-2-4-17(13-16)15-24-19(14-18-5-12-27-21(18)24)20(25)22-6-7-23-8-10-26-11-9-23/h2-5,12-14H,6-11,15H2,1H3,(H,22,25)/p+1. The molecule has 6 heteroatoms. The third-order valence-corrected chi connectivity index (χ3v) is 6.07. The summed E-state index contributed by atoms with van der Waals surface area (Å²) in [6.07, 6.45) is 0. The van der Waals surface area contributed by atoms with Gasteiger partial charge in [0.1, 0.15) is 23.6 Å². The molecule has 0 saturated carbocycles. The number of nitrogens with one attached hydrogen (secondary N) is 2. The number of quaternary nitrogens is 1. The molecule has 1 aliphatic heterocycles. The van der Waals surface area contributed by atoms with E-state index < -0.39 is 0 Å². The van der Waals surface area contributed by atoms with Crippen LogP contribution in [0, 0.1) is 6.92 Å². The number of hydrogen-bond acceptors (Lipinski definition) is 3. The second-order valence-corrected chi connectivity index (χ2v) is 8.05. The number of fused-ring (bicyclic) bond motifs is 1. The molecule has 27 heavy (non-hydrogen) atoms. The predicted molar refractivity (Wildman–Crippen MR) is 109 cm³/mol. The molecule has 0 spiro atoms. The molecule has 0 aliphatic carbocycles. The van der Waals surface area contributed by atoms with Gasteiger partial charge >= 0.3 is 0 Å². The predicted octanol–water partition coefficient (Wildman–Crippen LogP) is 1.70. The molecule has 0 bridgehead atoms. The Labute approximate surface area is 163 Å². The van der Waals surface area contributed by atoms with Crippen LogP contribution in [0.1, 0.15) is 21.6 Å². The Morgan fingerprint density at radius 1 is 1.26 bits per heavy atom. The second kappa shape index (κ2) is 8.25. The summed E-state index contributed by atoms with van der Waals surface area (Å²) >= 11 is 1.69. The Hall–Kier alpha value is -2.15. The molecule has 3 aromatic rings. The van der Waals surface area contributed by atoms with Crippen molar-refractivity contribution < 1.29 is 14.4 Å². The summed E-state index contributed by atoms with van der Waals surface area (Å²) < 4.78 is 7.54. The van der Waals surface area contributed by atoms with E-state index in [0.29, 0.717) is 13.1 Å². The van der Waals surface area contributed by atoms with E-state index in [9.17, 15) is 4.79 Å². The number of aryl methyl sites for hydroxylation is 1. The minimum atomic E-state index is 0.0127. The molecule has 1 fully saturated rings. The molecule has 5 nitrogen and oxygen atoms in total. The summed E-state index contributed by atoms with van der Waals surface area (Å²) in [4.78, 5) is 15.5. The van der Waals surface area contributed by atoms with Gasteiger partial charge in [-0.15, -0.1) is 11.3 Å². The SMILES string of the molecule is Cc1cccc(Cn2c(C(=O)NCC[NH+]3CCOCC3)cc3ccsc32)c1. The zero-order valence-electron chi connectivity index (χ0n) is 15.7. The van der Waals surface area contributed by atoms with Crippen LogP contribution in [0.15, 0.2) is 41.8 Å². The van der Waals surface area contributed by atoms with E-state index in [-0.39, 0.29) is 5.91 Å². The topological polar surface area (TPSA) is 47.7 Å². The fourth-order valence-electron chi connectivity index (χ4n) is 3.67. The summed E-state index contributed by atoms with van der Waals surface area (Å²) in [5.74, 6) is 0.0127. The largest absolute Gasteiger partial charge is 0.370 e. The van der Waals surface area contributed by atoms with Crippen molar-refractivity contribution in [3.8, 4) is 0 Å². The Morgan fingerprint density at radius 2 is 2.11 bits per heavy atom. The van der Waals surface area contributed by atoms with E-state index in [1.807, 2.05) is 6.07 Å². The molecule has 1 aliphatic rings. The maximum Gasteiger partial charge on any atom is 0.268 e. The number of hydrogen-bond donors (Lipinski definition) is 2. The quantitative estimate of drug-likeness (QED) is 0.680. The maximum absolute atomic E-state index is 12.9. The first-order chi connectivity index (χ1) is 13.2. The average Bonchev–Trinajstić information content (AvgIpc) is 3.25. The molecule has 0 atom stereocenters. The third-order valence-electron chi connectivity index (χ3n) is 5.12. The first kappa shape index (κ1) is 18.2. The highest BCUT2D eigenvalue weighted by Crippen LogP contribution is 2.26. The Morgan fingerprint density at radius 3 is 2.93 bits per heavy atom. The number of nitrogens with zero attached hydrogens (tertiary/aromatic N) is 1. The monoisotopic (exact) mass is 384 g/mol. The minimum Gasteiger partial charge on any atom is -0.370 e. The van der Waals surface area contributed by atoms with Crippen molar-refractivity contribution in [1.29, 1.82) is 0 Å². The lowest BCUT2D eigenvalue weighted by Gasteiger charge is -2.23. The number of morpholine rings is 1. The lowest BCUT2D eigenvalue weighted by Crippen LogP contribution is -3.14. The van der Waals surface area contributed by atoms with Gasteiger partial charge in [0.2, 0.25) is 0 Å². The molecule has 142 valence electrons. The zero-order valence-corrected chi connectivity index (χ0v) is 16.5. The fraction of sp³-hybridized carbons (Fsp3) is 0.381. The van der Waals surface area contributed by atoms with Crippen molar-refractivity contribution in [3.63, 3.8) is 0 Å². The number of benzene rings is 1. The van der Waals surface area contributed by atoms with Gasteiger partial charge in [0.15, 0.2) is 0 Å². The van der Waals surface area contributed by atoms with Crippen molar-refractivity contribution in [2.75, 3.05) is 39.4 Å². The molecular formula is C21H26N3O2S+. The van der Waals surface area contributed by atoms with E-state index in [4.69, 9.17) is 4.74 Å². The first-order valence-corrected chi connectivity index (χ1v) is 10.4. The Bertz CT molecular complexity index is 925. The van der Waals surface area contributed by atoms with Gasteiger partial charge in [0, 0.05) is 11.9 Å². The van der Waals surface area contributed by atoms with E-state index in [1.54, 1.807) is 11.3 Å². The lowest BCUT2D eigenvalue weighted by molar-refractivity contribution is -0.906. The first-order valence-electron chi connectivity index (χ1n) is 9.52. The molecule has 1 saturated heterocycles. The fourth-order valence-corrected chi connectivity index (χ4v) is 4.56. The maximum atomic E-state index is 12.9. The Balaban J connectivity index is 1.48. The van der Waals surface area contributed by atoms with Crippen molar-refractivity contribution >= 4 is 27.5 Å². The van der Waals surface area contributed by atoms with Crippen LogP contribution in [-0.4, -0.2) is 49.9 Å². The highest BCUT2D eigenvalue weighted by molar-refractivity contribution is 7.16. The molecule has 3 heterocycles. The highest BCUT2D eigenvalue weighted by atomic mass is 32.1. The highest BCUT2D eigenvalue weighted by Gasteiger charge is 2.18. The zero-order chi connectivity index (χ0) is 18.6. The average molecular weight is 385 g/mol. The van der Waals surface area contributed by atoms with Gasteiger partial charge in [-0.2, -0.15) is 0 Å². The Kier molecular flexibility index (Phi) is 5.57. The number of amides is 1. The molecule has 4 rings (SSSR count). The number of aromatic nitrogens is 1. The van der Waals surface area contributed by atoms with Gasteiger partial charge in [-0.1, -0.05) is 29.8 Å². The lowest BCUT2D eigenvalue weighted by atomic mass is 10.1. The number of carbonyl (C=O) groups is 1. The van der Waals surface area contributed by atoms with Gasteiger partial charge in [0.05, 0.1) is 26.3 Å².